The third kappa shape index (κ3) is 5.44. The minimum Gasteiger partial charge on any atom is -0.453 e. The van der Waals surface area contributed by atoms with E-state index >= 15 is 4.39 Å². The van der Waals surface area contributed by atoms with Crippen LogP contribution in [-0.4, -0.2) is 6.61 Å². The molecule has 35 heavy (non-hydrogen) atoms. The summed E-state index contributed by atoms with van der Waals surface area (Å²) in [6, 6.07) is 11.4. The Morgan fingerprint density at radius 2 is 1.60 bits per heavy atom. The first-order valence-corrected chi connectivity index (χ1v) is 11.8. The standard InChI is InChI=1S/C28H27F5O2/c1-3-17-8-10-18(11-9-17)25-22(30)14-16(2)27(26(25)31)34-23-7-5-4-6-20(23)19-12-13-24(21(29)15-19)35-28(32)33/h4-7,12-15,17-18,28H,3,8-11H2,1-2H3. The lowest BCUT2D eigenvalue weighted by Gasteiger charge is -2.29. The van der Waals surface area contributed by atoms with E-state index in [1.807, 2.05) is 0 Å². The largest absolute Gasteiger partial charge is 0.453 e. The van der Waals surface area contributed by atoms with E-state index in [2.05, 4.69) is 11.7 Å². The number of rotatable bonds is 7. The van der Waals surface area contributed by atoms with E-state index in [9.17, 15) is 17.6 Å². The molecule has 0 aliphatic heterocycles. The minimum atomic E-state index is -3.15. The van der Waals surface area contributed by atoms with Gasteiger partial charge in [0.05, 0.1) is 0 Å². The second-order valence-corrected chi connectivity index (χ2v) is 8.98. The molecule has 4 rings (SSSR count). The molecule has 1 aliphatic rings. The Morgan fingerprint density at radius 1 is 0.886 bits per heavy atom. The quantitative estimate of drug-likeness (QED) is 0.308. The second kappa shape index (κ2) is 10.7. The summed E-state index contributed by atoms with van der Waals surface area (Å²) in [6.45, 7) is 0.548. The molecule has 0 amide bonds. The molecule has 0 aromatic heterocycles. The van der Waals surface area contributed by atoms with Gasteiger partial charge in [0, 0.05) is 11.1 Å². The van der Waals surface area contributed by atoms with E-state index in [-0.39, 0.29) is 23.0 Å². The Balaban J connectivity index is 1.67. The van der Waals surface area contributed by atoms with Crippen LogP contribution in [0.3, 0.4) is 0 Å². The maximum Gasteiger partial charge on any atom is 0.387 e. The van der Waals surface area contributed by atoms with Crippen molar-refractivity contribution < 1.29 is 31.4 Å². The predicted molar refractivity (Wildman–Crippen MR) is 125 cm³/mol. The first-order valence-electron chi connectivity index (χ1n) is 11.8. The molecule has 0 saturated heterocycles. The van der Waals surface area contributed by atoms with Crippen molar-refractivity contribution in [1.82, 2.24) is 0 Å². The normalized spacial score (nSPS) is 18.1. The highest BCUT2D eigenvalue weighted by molar-refractivity contribution is 5.71. The number of ether oxygens (including phenoxy) is 2. The summed E-state index contributed by atoms with van der Waals surface area (Å²) < 4.78 is 80.0. The molecule has 0 unspecified atom stereocenters. The van der Waals surface area contributed by atoms with Crippen LogP contribution >= 0.6 is 0 Å². The number of hydrogen-bond donors (Lipinski definition) is 0. The first-order chi connectivity index (χ1) is 16.8. The lowest BCUT2D eigenvalue weighted by atomic mass is 9.77. The molecule has 0 N–H and O–H groups in total. The molecule has 1 aliphatic carbocycles. The average Bonchev–Trinajstić information content (AvgIpc) is 2.83. The molecule has 3 aromatic carbocycles. The summed E-state index contributed by atoms with van der Waals surface area (Å²) in [6.07, 6.45) is 4.37. The van der Waals surface area contributed by atoms with Crippen molar-refractivity contribution in [2.75, 3.05) is 0 Å². The Hall–Kier alpha value is -3.09. The highest BCUT2D eigenvalue weighted by Gasteiger charge is 2.29. The molecule has 1 saturated carbocycles. The van der Waals surface area contributed by atoms with Crippen LogP contribution < -0.4 is 9.47 Å². The summed E-state index contributed by atoms with van der Waals surface area (Å²) in [4.78, 5) is 0. The average molecular weight is 491 g/mol. The summed E-state index contributed by atoms with van der Waals surface area (Å²) in [5, 5.41) is 0. The Kier molecular flexibility index (Phi) is 7.63. The molecule has 0 bridgehead atoms. The van der Waals surface area contributed by atoms with Crippen molar-refractivity contribution in [2.45, 2.75) is 58.5 Å². The fourth-order valence-electron chi connectivity index (χ4n) is 4.86. The van der Waals surface area contributed by atoms with Gasteiger partial charge in [-0.2, -0.15) is 8.78 Å². The van der Waals surface area contributed by atoms with Gasteiger partial charge < -0.3 is 9.47 Å². The number of aryl methyl sites for hydroxylation is 1. The molecule has 2 nitrogen and oxygen atoms in total. The van der Waals surface area contributed by atoms with E-state index in [1.165, 1.54) is 12.1 Å². The molecule has 0 heterocycles. The van der Waals surface area contributed by atoms with Crippen LogP contribution in [0.15, 0.2) is 48.5 Å². The number of para-hydroxylation sites is 1. The third-order valence-corrected chi connectivity index (χ3v) is 6.78. The molecular weight excluding hydrogens is 463 g/mol. The van der Waals surface area contributed by atoms with E-state index in [1.54, 1.807) is 31.2 Å². The van der Waals surface area contributed by atoms with Crippen LogP contribution in [0, 0.1) is 30.3 Å². The predicted octanol–water partition coefficient (Wildman–Crippen LogP) is 9.16. The van der Waals surface area contributed by atoms with Gasteiger partial charge in [-0.05, 0) is 79.8 Å². The number of benzene rings is 3. The van der Waals surface area contributed by atoms with Crippen molar-refractivity contribution in [3.8, 4) is 28.4 Å². The minimum absolute atomic E-state index is 0.0529. The summed E-state index contributed by atoms with van der Waals surface area (Å²) >= 11 is 0. The van der Waals surface area contributed by atoms with Gasteiger partial charge in [-0.15, -0.1) is 0 Å². The highest BCUT2D eigenvalue weighted by atomic mass is 19.3. The van der Waals surface area contributed by atoms with Gasteiger partial charge in [0.2, 0.25) is 0 Å². The SMILES string of the molecule is CCC1CCC(c2c(F)cc(C)c(Oc3ccccc3-c3ccc(OC(F)F)c(F)c3)c2F)CC1. The third-order valence-electron chi connectivity index (χ3n) is 6.78. The molecule has 3 aromatic rings. The van der Waals surface area contributed by atoms with E-state index in [0.29, 0.717) is 22.6 Å². The topological polar surface area (TPSA) is 18.5 Å². The smallest absolute Gasteiger partial charge is 0.387 e. The van der Waals surface area contributed by atoms with Gasteiger partial charge in [-0.25, -0.2) is 13.2 Å². The van der Waals surface area contributed by atoms with Crippen LogP contribution in [0.2, 0.25) is 0 Å². The molecule has 0 radical (unpaired) electrons. The van der Waals surface area contributed by atoms with Gasteiger partial charge in [0.1, 0.15) is 11.6 Å². The van der Waals surface area contributed by atoms with Gasteiger partial charge in [0.15, 0.2) is 23.1 Å². The molecule has 1 fully saturated rings. The zero-order valence-electron chi connectivity index (χ0n) is 19.6. The van der Waals surface area contributed by atoms with Crippen LogP contribution in [-0.2, 0) is 0 Å². The van der Waals surface area contributed by atoms with Crippen molar-refractivity contribution >= 4 is 0 Å². The second-order valence-electron chi connectivity index (χ2n) is 8.98. The number of alkyl halides is 2. The Morgan fingerprint density at radius 3 is 2.26 bits per heavy atom. The lowest BCUT2D eigenvalue weighted by Crippen LogP contribution is -2.15. The highest BCUT2D eigenvalue weighted by Crippen LogP contribution is 2.43. The maximum absolute atomic E-state index is 15.7. The number of halogens is 5. The van der Waals surface area contributed by atoms with Gasteiger partial charge in [0.25, 0.3) is 0 Å². The van der Waals surface area contributed by atoms with Crippen LogP contribution in [0.25, 0.3) is 11.1 Å². The molecule has 7 heteroatoms. The fourth-order valence-corrected chi connectivity index (χ4v) is 4.86. The van der Waals surface area contributed by atoms with Crippen molar-refractivity contribution in [3.63, 3.8) is 0 Å². The van der Waals surface area contributed by atoms with E-state index in [0.717, 1.165) is 44.2 Å². The van der Waals surface area contributed by atoms with Crippen LogP contribution in [0.1, 0.15) is 56.1 Å². The van der Waals surface area contributed by atoms with Crippen LogP contribution in [0.4, 0.5) is 22.0 Å². The summed E-state index contributed by atoms with van der Waals surface area (Å²) in [7, 11) is 0. The lowest BCUT2D eigenvalue weighted by molar-refractivity contribution is -0.0521. The van der Waals surface area contributed by atoms with Gasteiger partial charge >= 0.3 is 6.61 Å². The van der Waals surface area contributed by atoms with Gasteiger partial charge in [-0.3, -0.25) is 0 Å². The monoisotopic (exact) mass is 490 g/mol. The van der Waals surface area contributed by atoms with Crippen molar-refractivity contribution in [3.05, 3.63) is 77.1 Å². The summed E-state index contributed by atoms with van der Waals surface area (Å²) in [5.74, 6) is -2.32. The van der Waals surface area contributed by atoms with Gasteiger partial charge in [-0.1, -0.05) is 37.6 Å². The van der Waals surface area contributed by atoms with Crippen molar-refractivity contribution in [2.24, 2.45) is 5.92 Å². The fraction of sp³-hybridized carbons (Fsp3) is 0.357. The zero-order valence-corrected chi connectivity index (χ0v) is 19.6. The van der Waals surface area contributed by atoms with E-state index in [4.69, 9.17) is 4.74 Å². The summed E-state index contributed by atoms with van der Waals surface area (Å²) in [5.41, 5.74) is 1.10. The van der Waals surface area contributed by atoms with E-state index < -0.39 is 29.8 Å². The Bertz CT molecular complexity index is 1190. The van der Waals surface area contributed by atoms with Crippen molar-refractivity contribution in [1.29, 1.82) is 0 Å². The molecular formula is C28H27F5O2. The van der Waals surface area contributed by atoms with Crippen LogP contribution in [0.5, 0.6) is 17.2 Å². The molecule has 0 atom stereocenters. The zero-order chi connectivity index (χ0) is 25.1. The molecule has 186 valence electrons. The molecule has 0 spiro atoms. The first kappa shape index (κ1) is 25.0. The number of hydrogen-bond acceptors (Lipinski definition) is 2. The Labute approximate surface area is 201 Å². The maximum atomic E-state index is 15.7.